The Morgan fingerprint density at radius 1 is 1.04 bits per heavy atom. The summed E-state index contributed by atoms with van der Waals surface area (Å²) in [7, 11) is 1.42. The van der Waals surface area contributed by atoms with E-state index < -0.39 is 0 Å². The van der Waals surface area contributed by atoms with Gasteiger partial charge in [-0.3, -0.25) is 0 Å². The van der Waals surface area contributed by atoms with Gasteiger partial charge in [-0.25, -0.2) is 9.59 Å². The summed E-state index contributed by atoms with van der Waals surface area (Å²) in [5, 5.41) is 0. The van der Waals surface area contributed by atoms with Gasteiger partial charge in [-0.05, 0) is 70.9 Å². The van der Waals surface area contributed by atoms with Crippen LogP contribution in [0.1, 0.15) is 59.3 Å². The van der Waals surface area contributed by atoms with Crippen molar-refractivity contribution in [1.29, 1.82) is 0 Å². The summed E-state index contributed by atoms with van der Waals surface area (Å²) in [5.74, 6) is -0.451. The molecule has 1 aliphatic heterocycles. The summed E-state index contributed by atoms with van der Waals surface area (Å²) >= 11 is 0. The van der Waals surface area contributed by atoms with Crippen LogP contribution in [0.15, 0.2) is 46.1 Å². The van der Waals surface area contributed by atoms with Crippen LogP contribution in [0.3, 0.4) is 0 Å². The van der Waals surface area contributed by atoms with Gasteiger partial charge in [0.05, 0.1) is 7.11 Å². The number of hydrogen-bond acceptors (Lipinski definition) is 4. The smallest absolute Gasteiger partial charge is 0.334 e. The van der Waals surface area contributed by atoms with Crippen LogP contribution < -0.4 is 0 Å². The number of hydrogen-bond donors (Lipinski definition) is 0. The summed E-state index contributed by atoms with van der Waals surface area (Å²) in [6.07, 6.45) is 10.8. The second kappa shape index (κ2) is 8.84. The van der Waals surface area contributed by atoms with Crippen molar-refractivity contribution in [3.8, 4) is 0 Å². The number of esters is 2. The molecule has 2 aliphatic rings. The highest BCUT2D eigenvalue weighted by atomic mass is 16.5. The van der Waals surface area contributed by atoms with Crippen molar-refractivity contribution < 1.29 is 19.1 Å². The zero-order valence-corrected chi connectivity index (χ0v) is 15.7. The van der Waals surface area contributed by atoms with Crippen LogP contribution >= 0.6 is 0 Å². The molecule has 0 aromatic carbocycles. The summed E-state index contributed by atoms with van der Waals surface area (Å²) < 4.78 is 10.4. The molecule has 0 aromatic rings. The highest BCUT2D eigenvalue weighted by molar-refractivity contribution is 5.92. The molecule has 4 heteroatoms. The van der Waals surface area contributed by atoms with Gasteiger partial charge < -0.3 is 9.47 Å². The normalized spacial score (nSPS) is 23.0. The minimum atomic E-state index is -0.245. The number of carbonyl (C=O) groups is 2. The third-order valence-electron chi connectivity index (χ3n) is 4.87. The number of ether oxygens (including phenoxy) is 2. The van der Waals surface area contributed by atoms with E-state index >= 15 is 0 Å². The molecular weight excluding hydrogens is 316 g/mol. The van der Waals surface area contributed by atoms with Crippen molar-refractivity contribution in [2.45, 2.75) is 65.4 Å². The zero-order chi connectivity index (χ0) is 18.4. The Kier molecular flexibility index (Phi) is 6.80. The fraction of sp³-hybridized carbons (Fsp3) is 0.524. The summed E-state index contributed by atoms with van der Waals surface area (Å²) in [6, 6.07) is 0. The SMILES string of the molecule is COC(=O)C1=CCCC(C)=CC2OC(=O)C(C)=C2CCC(C)=CCC1. The van der Waals surface area contributed by atoms with Crippen LogP contribution in [0.25, 0.3) is 0 Å². The second-order valence-electron chi connectivity index (χ2n) is 6.84. The Morgan fingerprint density at radius 3 is 2.48 bits per heavy atom. The van der Waals surface area contributed by atoms with Crippen molar-refractivity contribution in [1.82, 2.24) is 0 Å². The highest BCUT2D eigenvalue weighted by Gasteiger charge is 2.29. The molecule has 1 aliphatic carbocycles. The predicted octanol–water partition coefficient (Wildman–Crippen LogP) is 4.57. The summed E-state index contributed by atoms with van der Waals surface area (Å²) in [4.78, 5) is 23.8. The van der Waals surface area contributed by atoms with E-state index in [4.69, 9.17) is 9.47 Å². The third kappa shape index (κ3) is 5.18. The van der Waals surface area contributed by atoms with Crippen molar-refractivity contribution in [2.75, 3.05) is 7.11 Å². The Bertz CT molecular complexity index is 661. The van der Waals surface area contributed by atoms with Crippen LogP contribution in [0.5, 0.6) is 0 Å². The zero-order valence-electron chi connectivity index (χ0n) is 15.7. The molecule has 0 saturated carbocycles. The van der Waals surface area contributed by atoms with Gasteiger partial charge in [-0.2, -0.15) is 0 Å². The first-order chi connectivity index (χ1) is 11.9. The fourth-order valence-electron chi connectivity index (χ4n) is 3.23. The maximum absolute atomic E-state index is 11.9. The molecule has 0 saturated heterocycles. The first-order valence-corrected chi connectivity index (χ1v) is 8.93. The molecule has 0 amide bonds. The van der Waals surface area contributed by atoms with E-state index in [1.807, 2.05) is 26.0 Å². The quantitative estimate of drug-likeness (QED) is 0.516. The number of allylic oxidation sites excluding steroid dienone is 4. The monoisotopic (exact) mass is 344 g/mol. The van der Waals surface area contributed by atoms with Gasteiger partial charge in [0.15, 0.2) is 0 Å². The van der Waals surface area contributed by atoms with Gasteiger partial charge in [0, 0.05) is 11.1 Å². The Hall–Kier alpha value is -2.10. The number of rotatable bonds is 1. The molecule has 0 N–H and O–H groups in total. The average molecular weight is 344 g/mol. The van der Waals surface area contributed by atoms with Crippen LogP contribution in [-0.2, 0) is 19.1 Å². The molecule has 0 spiro atoms. The molecular formula is C21H28O4. The van der Waals surface area contributed by atoms with Crippen molar-refractivity contribution in [2.24, 2.45) is 0 Å². The lowest BCUT2D eigenvalue weighted by Crippen LogP contribution is -2.10. The van der Waals surface area contributed by atoms with Gasteiger partial charge in [-0.15, -0.1) is 0 Å². The topological polar surface area (TPSA) is 52.6 Å². The third-order valence-corrected chi connectivity index (χ3v) is 4.87. The Labute approximate surface area is 150 Å². The molecule has 136 valence electrons. The summed E-state index contributed by atoms with van der Waals surface area (Å²) in [5.41, 5.74) is 5.01. The summed E-state index contributed by atoms with van der Waals surface area (Å²) in [6.45, 7) is 5.99. The maximum Gasteiger partial charge on any atom is 0.334 e. The van der Waals surface area contributed by atoms with Crippen molar-refractivity contribution in [3.63, 3.8) is 0 Å². The van der Waals surface area contributed by atoms with E-state index in [0.717, 1.165) is 54.4 Å². The maximum atomic E-state index is 11.9. The molecule has 0 radical (unpaired) electrons. The molecule has 4 nitrogen and oxygen atoms in total. The van der Waals surface area contributed by atoms with E-state index in [-0.39, 0.29) is 18.0 Å². The predicted molar refractivity (Wildman–Crippen MR) is 97.9 cm³/mol. The van der Waals surface area contributed by atoms with E-state index in [1.54, 1.807) is 0 Å². The molecule has 0 aromatic heterocycles. The molecule has 1 heterocycles. The van der Waals surface area contributed by atoms with Gasteiger partial charge in [0.1, 0.15) is 6.10 Å². The standard InChI is InChI=1S/C21H28O4/c1-14-7-5-9-17(21(23)24-4)10-6-8-15(2)13-19-18(12-11-14)16(3)20(22)25-19/h7,10,13,19H,5-6,8-9,11-12H2,1-4H3. The largest absolute Gasteiger partial charge is 0.466 e. The lowest BCUT2D eigenvalue weighted by molar-refractivity contribution is -0.138. The lowest BCUT2D eigenvalue weighted by atomic mass is 9.95. The van der Waals surface area contributed by atoms with Gasteiger partial charge in [0.2, 0.25) is 0 Å². The van der Waals surface area contributed by atoms with Crippen LogP contribution in [0, 0.1) is 0 Å². The molecule has 0 fully saturated rings. The Morgan fingerprint density at radius 2 is 1.76 bits per heavy atom. The second-order valence-corrected chi connectivity index (χ2v) is 6.84. The number of carbonyl (C=O) groups excluding carboxylic acids is 2. The first kappa shape index (κ1) is 19.2. The minimum absolute atomic E-state index is 0.206. The Balaban J connectivity index is 2.26. The van der Waals surface area contributed by atoms with Gasteiger partial charge >= 0.3 is 11.9 Å². The van der Waals surface area contributed by atoms with Crippen molar-refractivity contribution >= 4 is 11.9 Å². The van der Waals surface area contributed by atoms with E-state index in [0.29, 0.717) is 6.42 Å². The molecule has 0 bridgehead atoms. The average Bonchev–Trinajstić information content (AvgIpc) is 2.84. The fourth-order valence-corrected chi connectivity index (χ4v) is 3.23. The lowest BCUT2D eigenvalue weighted by Gasteiger charge is -2.13. The van der Waals surface area contributed by atoms with E-state index in [1.165, 1.54) is 12.7 Å². The highest BCUT2D eigenvalue weighted by Crippen LogP contribution is 2.30. The van der Waals surface area contributed by atoms with Gasteiger partial charge in [0.25, 0.3) is 0 Å². The van der Waals surface area contributed by atoms with Gasteiger partial charge in [-0.1, -0.05) is 23.3 Å². The minimum Gasteiger partial charge on any atom is -0.466 e. The van der Waals surface area contributed by atoms with Crippen LogP contribution in [0.4, 0.5) is 0 Å². The number of methoxy groups -OCH3 is 1. The molecule has 2 rings (SSSR count). The molecule has 1 atom stereocenters. The first-order valence-electron chi connectivity index (χ1n) is 8.93. The molecule has 1 unspecified atom stereocenters. The number of fused-ring (bicyclic) bond motifs is 1. The van der Waals surface area contributed by atoms with Crippen molar-refractivity contribution in [3.05, 3.63) is 46.1 Å². The van der Waals surface area contributed by atoms with E-state index in [2.05, 4.69) is 13.0 Å². The van der Waals surface area contributed by atoms with E-state index in [9.17, 15) is 9.59 Å². The molecule has 25 heavy (non-hydrogen) atoms. The van der Waals surface area contributed by atoms with Crippen LogP contribution in [-0.4, -0.2) is 25.2 Å². The van der Waals surface area contributed by atoms with Crippen LogP contribution in [0.2, 0.25) is 0 Å².